The molecule has 156 valence electrons. The first-order valence-electron chi connectivity index (χ1n) is 8.29. The van der Waals surface area contributed by atoms with Crippen LogP contribution in [-0.4, -0.2) is 12.3 Å². The van der Waals surface area contributed by atoms with Crippen molar-refractivity contribution in [3.05, 3.63) is 82.3 Å². The van der Waals surface area contributed by atoms with Crippen LogP contribution in [0, 0.1) is 11.6 Å². The van der Waals surface area contributed by atoms with Gasteiger partial charge in [0.2, 0.25) is 0 Å². The fourth-order valence-corrected chi connectivity index (χ4v) is 2.92. The van der Waals surface area contributed by atoms with E-state index in [4.69, 9.17) is 0 Å². The molecule has 0 fully saturated rings. The first-order chi connectivity index (χ1) is 14.1. The predicted molar refractivity (Wildman–Crippen MR) is 105 cm³/mol. The van der Waals surface area contributed by atoms with Crippen molar-refractivity contribution in [1.29, 1.82) is 0 Å². The number of hydrogen-bond acceptors (Lipinski definition) is 3. The molecule has 3 rings (SSSR count). The predicted octanol–water partition coefficient (Wildman–Crippen LogP) is 6.62. The average molecular weight is 487 g/mol. The molecule has 10 heteroatoms. The Morgan fingerprint density at radius 2 is 1.57 bits per heavy atom. The number of benzene rings is 3. The van der Waals surface area contributed by atoms with E-state index in [1.807, 2.05) is 0 Å². The molecule has 0 spiro atoms. The van der Waals surface area contributed by atoms with Crippen molar-refractivity contribution >= 4 is 38.9 Å². The molecule has 0 heterocycles. The Kier molecular flexibility index (Phi) is 6.25. The molecule has 0 aliphatic carbocycles. The fourth-order valence-electron chi connectivity index (χ4n) is 2.44. The van der Waals surface area contributed by atoms with Crippen LogP contribution >= 0.6 is 15.9 Å². The van der Waals surface area contributed by atoms with E-state index in [0.717, 1.165) is 24.3 Å². The van der Waals surface area contributed by atoms with E-state index >= 15 is 0 Å². The number of carbonyl (C=O) groups is 1. The van der Waals surface area contributed by atoms with Crippen LogP contribution in [0.25, 0.3) is 0 Å². The summed E-state index contributed by atoms with van der Waals surface area (Å²) in [6.45, 7) is 0. The first kappa shape index (κ1) is 21.6. The van der Waals surface area contributed by atoms with Crippen LogP contribution in [0.3, 0.4) is 0 Å². The Bertz CT molecular complexity index is 1070. The molecule has 0 radical (unpaired) electrons. The largest absolute Gasteiger partial charge is 0.573 e. The van der Waals surface area contributed by atoms with Crippen LogP contribution in [0.5, 0.6) is 5.75 Å². The molecule has 0 saturated carbocycles. The molecule has 0 saturated heterocycles. The van der Waals surface area contributed by atoms with Crippen molar-refractivity contribution in [3.63, 3.8) is 0 Å². The zero-order valence-corrected chi connectivity index (χ0v) is 16.4. The molecule has 4 nitrogen and oxygen atoms in total. The summed E-state index contributed by atoms with van der Waals surface area (Å²) >= 11 is 3.29. The lowest BCUT2D eigenvalue weighted by atomic mass is 10.2. The highest BCUT2D eigenvalue weighted by molar-refractivity contribution is 9.10. The molecule has 3 aromatic carbocycles. The molecule has 0 unspecified atom stereocenters. The van der Waals surface area contributed by atoms with Gasteiger partial charge in [0.25, 0.3) is 5.91 Å². The van der Waals surface area contributed by atoms with Gasteiger partial charge in [0.05, 0.1) is 11.4 Å². The summed E-state index contributed by atoms with van der Waals surface area (Å²) in [7, 11) is 0. The van der Waals surface area contributed by atoms with Gasteiger partial charge in [-0.25, -0.2) is 8.78 Å². The monoisotopic (exact) mass is 486 g/mol. The van der Waals surface area contributed by atoms with Gasteiger partial charge in [0.15, 0.2) is 0 Å². The second kappa shape index (κ2) is 8.70. The number of hydrogen-bond donors (Lipinski definition) is 2. The summed E-state index contributed by atoms with van der Waals surface area (Å²) < 4.78 is 67.6. The van der Waals surface area contributed by atoms with Crippen LogP contribution in [0.15, 0.2) is 65.1 Å². The Labute approximate surface area is 175 Å². The maximum absolute atomic E-state index is 13.8. The van der Waals surface area contributed by atoms with Gasteiger partial charge in [0.1, 0.15) is 17.4 Å². The number of anilines is 3. The van der Waals surface area contributed by atoms with Crippen LogP contribution < -0.4 is 15.4 Å². The fraction of sp³-hybridized carbons (Fsp3) is 0.0500. The summed E-state index contributed by atoms with van der Waals surface area (Å²) in [6.07, 6.45) is -4.82. The minimum Gasteiger partial charge on any atom is -0.406 e. The molecule has 3 aromatic rings. The van der Waals surface area contributed by atoms with E-state index < -0.39 is 29.7 Å². The number of amides is 1. The highest BCUT2D eigenvalue weighted by Crippen LogP contribution is 2.30. The van der Waals surface area contributed by atoms with Gasteiger partial charge in [0, 0.05) is 21.8 Å². The van der Waals surface area contributed by atoms with Gasteiger partial charge < -0.3 is 15.4 Å². The zero-order chi connectivity index (χ0) is 21.9. The lowest BCUT2D eigenvalue weighted by Gasteiger charge is -2.12. The minimum atomic E-state index is -4.82. The van der Waals surface area contributed by atoms with Crippen LogP contribution in [0.4, 0.5) is 39.0 Å². The third kappa shape index (κ3) is 5.69. The van der Waals surface area contributed by atoms with Crippen LogP contribution in [0.2, 0.25) is 0 Å². The zero-order valence-electron chi connectivity index (χ0n) is 14.9. The highest BCUT2D eigenvalue weighted by atomic mass is 79.9. The number of carbonyl (C=O) groups excluding carboxylic acids is 1. The maximum atomic E-state index is 13.8. The molecule has 0 aromatic heterocycles. The standard InChI is InChI=1S/C20H12BrF5N2O2/c21-15-10-13(4-8-17(15)28-18-7-3-12(22)9-16(18)23)27-19(29)11-1-5-14(6-2-11)30-20(24,25)26/h1-10,28H,(H,27,29). The molecule has 0 atom stereocenters. The van der Waals surface area contributed by atoms with E-state index in [1.54, 1.807) is 12.1 Å². The molecular formula is C20H12BrF5N2O2. The first-order valence-corrected chi connectivity index (χ1v) is 9.09. The molecule has 30 heavy (non-hydrogen) atoms. The second-order valence-electron chi connectivity index (χ2n) is 5.97. The van der Waals surface area contributed by atoms with Crippen molar-refractivity contribution in [2.24, 2.45) is 0 Å². The Balaban J connectivity index is 1.68. The second-order valence-corrected chi connectivity index (χ2v) is 6.82. The number of nitrogens with one attached hydrogen (secondary N) is 2. The number of ether oxygens (including phenoxy) is 1. The van der Waals surface area contributed by atoms with Gasteiger partial charge in [-0.05, 0) is 70.5 Å². The SMILES string of the molecule is O=C(Nc1ccc(Nc2ccc(F)cc2F)c(Br)c1)c1ccc(OC(F)(F)F)cc1. The Morgan fingerprint density at radius 1 is 0.900 bits per heavy atom. The van der Waals surface area contributed by atoms with Crippen molar-refractivity contribution in [3.8, 4) is 5.75 Å². The molecule has 0 bridgehead atoms. The van der Waals surface area contributed by atoms with Crippen LogP contribution in [-0.2, 0) is 0 Å². The van der Waals surface area contributed by atoms with E-state index in [0.29, 0.717) is 15.8 Å². The quantitative estimate of drug-likeness (QED) is 0.398. The molecule has 0 aliphatic heterocycles. The van der Waals surface area contributed by atoms with Crippen molar-refractivity contribution in [2.75, 3.05) is 10.6 Å². The smallest absolute Gasteiger partial charge is 0.406 e. The Hall–Kier alpha value is -3.14. The molecule has 1 amide bonds. The lowest BCUT2D eigenvalue weighted by molar-refractivity contribution is -0.274. The van der Waals surface area contributed by atoms with E-state index in [1.165, 1.54) is 24.3 Å². The number of alkyl halides is 3. The summed E-state index contributed by atoms with van der Waals surface area (Å²) in [5, 5.41) is 5.39. The van der Waals surface area contributed by atoms with E-state index in [9.17, 15) is 26.7 Å². The van der Waals surface area contributed by atoms with Crippen molar-refractivity contribution in [2.45, 2.75) is 6.36 Å². The van der Waals surface area contributed by atoms with Crippen LogP contribution in [0.1, 0.15) is 10.4 Å². The van der Waals surface area contributed by atoms with Crippen molar-refractivity contribution in [1.82, 2.24) is 0 Å². The normalized spacial score (nSPS) is 11.1. The lowest BCUT2D eigenvalue weighted by Crippen LogP contribution is -2.17. The van der Waals surface area contributed by atoms with Gasteiger partial charge in [-0.3, -0.25) is 4.79 Å². The van der Waals surface area contributed by atoms with Crippen molar-refractivity contribution < 1.29 is 31.5 Å². The summed E-state index contributed by atoms with van der Waals surface area (Å²) in [5.74, 6) is -2.46. The summed E-state index contributed by atoms with van der Waals surface area (Å²) in [5.41, 5.74) is 1.03. The third-order valence-corrected chi connectivity index (χ3v) is 4.43. The van der Waals surface area contributed by atoms with Gasteiger partial charge in [-0.2, -0.15) is 0 Å². The van der Waals surface area contributed by atoms with E-state index in [2.05, 4.69) is 31.3 Å². The molecular weight excluding hydrogens is 475 g/mol. The highest BCUT2D eigenvalue weighted by Gasteiger charge is 2.31. The third-order valence-electron chi connectivity index (χ3n) is 3.78. The van der Waals surface area contributed by atoms with Gasteiger partial charge >= 0.3 is 6.36 Å². The van der Waals surface area contributed by atoms with Gasteiger partial charge in [-0.15, -0.1) is 13.2 Å². The minimum absolute atomic E-state index is 0.0649. The molecule has 0 aliphatic rings. The Morgan fingerprint density at radius 3 is 2.17 bits per heavy atom. The number of halogens is 6. The summed E-state index contributed by atoms with van der Waals surface area (Å²) in [4.78, 5) is 12.3. The van der Waals surface area contributed by atoms with E-state index in [-0.39, 0.29) is 11.3 Å². The topological polar surface area (TPSA) is 50.4 Å². The summed E-state index contributed by atoms with van der Waals surface area (Å²) in [6, 6.07) is 12.2. The molecule has 2 N–H and O–H groups in total. The number of rotatable bonds is 5. The van der Waals surface area contributed by atoms with Gasteiger partial charge in [-0.1, -0.05) is 0 Å². The average Bonchev–Trinajstić information content (AvgIpc) is 2.65. The maximum Gasteiger partial charge on any atom is 0.573 e.